The van der Waals surface area contributed by atoms with Gasteiger partial charge >= 0.3 is 6.18 Å². The van der Waals surface area contributed by atoms with Crippen molar-refractivity contribution in [1.82, 2.24) is 0 Å². The van der Waals surface area contributed by atoms with E-state index in [0.29, 0.717) is 0 Å². The van der Waals surface area contributed by atoms with Crippen LogP contribution in [0.25, 0.3) is 0 Å². The Morgan fingerprint density at radius 3 is 2.45 bits per heavy atom. The summed E-state index contributed by atoms with van der Waals surface area (Å²) in [7, 11) is 0. The van der Waals surface area contributed by atoms with Crippen LogP contribution >= 0.6 is 0 Å². The fourth-order valence-corrected chi connectivity index (χ4v) is 2.22. The molecule has 0 spiro atoms. The average Bonchev–Trinajstić information content (AvgIpc) is 2.39. The molecule has 0 amide bonds. The average molecular weight is 327 g/mol. The Morgan fingerprint density at radius 2 is 1.91 bits per heavy atom. The summed E-state index contributed by atoms with van der Waals surface area (Å²) in [5.41, 5.74) is 6.83. The highest BCUT2D eigenvalue weighted by atomic mass is 19.4. The first-order valence-corrected chi connectivity index (χ1v) is 5.98. The summed E-state index contributed by atoms with van der Waals surface area (Å²) in [4.78, 5) is 3.28. The fraction of sp³-hybridized carbons (Fsp3) is 0.417. The highest BCUT2D eigenvalue weighted by Crippen LogP contribution is 2.45. The molecule has 0 radical (unpaired) electrons. The largest absolute Gasteiger partial charge is 0.452 e. The number of nitrogen functional groups attached to an aromatic ring is 1. The molecule has 1 aliphatic rings. The number of rotatable bonds is 2. The summed E-state index contributed by atoms with van der Waals surface area (Å²) in [6.45, 7) is 0. The summed E-state index contributed by atoms with van der Waals surface area (Å²) in [5.74, 6) is -1.16. The van der Waals surface area contributed by atoms with Gasteiger partial charge in [-0.25, -0.2) is 18.2 Å². The maximum atomic E-state index is 13.9. The number of ether oxygens (including phenoxy) is 1. The van der Waals surface area contributed by atoms with Crippen LogP contribution in [0, 0.1) is 5.82 Å². The zero-order valence-electron chi connectivity index (χ0n) is 10.9. The Labute approximate surface area is 120 Å². The van der Waals surface area contributed by atoms with Crippen LogP contribution in [0.3, 0.4) is 0 Å². The molecular weight excluding hydrogens is 316 g/mol. The first kappa shape index (κ1) is 16.2. The quantitative estimate of drug-likeness (QED) is 0.647. The van der Waals surface area contributed by atoms with E-state index in [9.17, 15) is 26.3 Å². The Morgan fingerprint density at radius 1 is 1.27 bits per heavy atom. The number of alkyl halides is 5. The minimum absolute atomic E-state index is 0.0970. The number of aliphatic imine (C=N–C) groups is 1. The molecule has 2 atom stereocenters. The fourth-order valence-electron chi connectivity index (χ4n) is 2.22. The number of nitrogens with zero attached hydrogens (tertiary/aromatic N) is 1. The molecule has 22 heavy (non-hydrogen) atoms. The molecule has 0 unspecified atom stereocenters. The molecule has 0 aliphatic carbocycles. The summed E-state index contributed by atoms with van der Waals surface area (Å²) in [6.07, 6.45) is -12.3. The van der Waals surface area contributed by atoms with E-state index in [1.165, 1.54) is 0 Å². The van der Waals surface area contributed by atoms with Gasteiger partial charge in [-0.3, -0.25) is 0 Å². The van der Waals surface area contributed by atoms with Gasteiger partial charge in [-0.1, -0.05) is 0 Å². The predicted octanol–water partition coefficient (Wildman–Crippen LogP) is 2.53. The van der Waals surface area contributed by atoms with Crippen molar-refractivity contribution in [3.05, 3.63) is 29.6 Å². The summed E-state index contributed by atoms with van der Waals surface area (Å²) < 4.78 is 83.6. The molecule has 1 aromatic rings. The van der Waals surface area contributed by atoms with Gasteiger partial charge in [0.2, 0.25) is 0 Å². The number of nitrogens with two attached hydrogens (primary N) is 2. The maximum Gasteiger partial charge on any atom is 0.425 e. The third-order valence-corrected chi connectivity index (χ3v) is 3.25. The molecule has 1 aliphatic heterocycles. The smallest absolute Gasteiger partial charge is 0.425 e. The van der Waals surface area contributed by atoms with Gasteiger partial charge in [0.05, 0.1) is 0 Å². The topological polar surface area (TPSA) is 73.6 Å². The molecule has 122 valence electrons. The molecule has 0 aromatic heterocycles. The van der Waals surface area contributed by atoms with Gasteiger partial charge in [0.1, 0.15) is 5.82 Å². The molecule has 0 saturated carbocycles. The van der Waals surface area contributed by atoms with E-state index >= 15 is 0 Å². The molecule has 0 bridgehead atoms. The van der Waals surface area contributed by atoms with Gasteiger partial charge in [0.15, 0.2) is 11.6 Å². The van der Waals surface area contributed by atoms with Crippen molar-refractivity contribution in [3.8, 4) is 0 Å². The zero-order valence-corrected chi connectivity index (χ0v) is 10.9. The van der Waals surface area contributed by atoms with E-state index in [-0.39, 0.29) is 5.69 Å². The molecule has 4 nitrogen and oxygen atoms in total. The summed E-state index contributed by atoms with van der Waals surface area (Å²) >= 11 is 0. The number of amidine groups is 1. The second-order valence-electron chi connectivity index (χ2n) is 4.77. The molecule has 4 N–H and O–H groups in total. The van der Waals surface area contributed by atoms with Crippen molar-refractivity contribution in [3.63, 3.8) is 0 Å². The van der Waals surface area contributed by atoms with Crippen molar-refractivity contribution >= 4 is 11.7 Å². The van der Waals surface area contributed by atoms with E-state index in [4.69, 9.17) is 11.5 Å². The van der Waals surface area contributed by atoms with Crippen molar-refractivity contribution in [2.45, 2.75) is 30.7 Å². The summed E-state index contributed by atoms with van der Waals surface area (Å²) in [5, 5.41) is 0. The Bertz CT molecular complexity index is 603. The minimum atomic E-state index is -4.96. The zero-order chi connectivity index (χ0) is 16.7. The van der Waals surface area contributed by atoms with E-state index in [2.05, 4.69) is 9.73 Å². The Hall–Kier alpha value is -2.13. The van der Waals surface area contributed by atoms with Crippen molar-refractivity contribution in [1.29, 1.82) is 0 Å². The molecular formula is C12H11F6N3O. The monoisotopic (exact) mass is 327 g/mol. The van der Waals surface area contributed by atoms with E-state index < -0.39 is 48.1 Å². The highest BCUT2D eigenvalue weighted by molar-refractivity contribution is 5.73. The lowest BCUT2D eigenvalue weighted by atomic mass is 9.83. The second-order valence-corrected chi connectivity index (χ2v) is 4.77. The van der Waals surface area contributed by atoms with E-state index in [1.54, 1.807) is 0 Å². The lowest BCUT2D eigenvalue weighted by molar-refractivity contribution is -0.213. The van der Waals surface area contributed by atoms with E-state index in [0.717, 1.165) is 18.2 Å². The van der Waals surface area contributed by atoms with Crippen LogP contribution in [0.2, 0.25) is 0 Å². The summed E-state index contributed by atoms with van der Waals surface area (Å²) in [6, 6.07) is 1.59. The van der Waals surface area contributed by atoms with Crippen LogP contribution in [-0.2, 0) is 10.3 Å². The van der Waals surface area contributed by atoms with Crippen LogP contribution in [0.15, 0.2) is 23.2 Å². The van der Waals surface area contributed by atoms with Gasteiger partial charge in [-0.15, -0.1) is 0 Å². The lowest BCUT2D eigenvalue weighted by Gasteiger charge is -2.37. The standard InChI is InChI=1S/C12H11F6N3O/c13-7-2-1-5(19)3-6(7)11(9(14)15)4-8(12(16,17)18)22-10(20)21-11/h1-3,8-9H,4,19H2,(H2,20,21)/t8-,11-/m0/s1. The van der Waals surface area contributed by atoms with Gasteiger partial charge < -0.3 is 16.2 Å². The van der Waals surface area contributed by atoms with Crippen LogP contribution in [-0.4, -0.2) is 24.7 Å². The van der Waals surface area contributed by atoms with Crippen molar-refractivity contribution in [2.75, 3.05) is 5.73 Å². The predicted molar refractivity (Wildman–Crippen MR) is 65.7 cm³/mol. The van der Waals surface area contributed by atoms with Gasteiger partial charge in [-0.05, 0) is 18.2 Å². The van der Waals surface area contributed by atoms with E-state index in [1.807, 2.05) is 0 Å². The number of anilines is 1. The normalized spacial score (nSPS) is 25.8. The number of halogens is 6. The first-order valence-electron chi connectivity index (χ1n) is 5.98. The molecule has 0 saturated heterocycles. The van der Waals surface area contributed by atoms with Crippen molar-refractivity contribution < 1.29 is 31.1 Å². The SMILES string of the molecule is NC1=N[C@@](c2cc(N)ccc2F)(C(F)F)C[C@@H](C(F)(F)F)O1. The van der Waals surface area contributed by atoms with Crippen LogP contribution < -0.4 is 11.5 Å². The molecule has 1 aromatic carbocycles. The number of hydrogen-bond acceptors (Lipinski definition) is 4. The number of benzene rings is 1. The van der Waals surface area contributed by atoms with Crippen LogP contribution in [0.4, 0.5) is 32.0 Å². The second kappa shape index (κ2) is 5.25. The van der Waals surface area contributed by atoms with Crippen LogP contribution in [0.1, 0.15) is 12.0 Å². The molecule has 2 rings (SSSR count). The van der Waals surface area contributed by atoms with Gasteiger partial charge in [0.25, 0.3) is 12.4 Å². The Balaban J connectivity index is 2.62. The molecule has 10 heteroatoms. The Kier molecular flexibility index (Phi) is 3.88. The van der Waals surface area contributed by atoms with Gasteiger partial charge in [-0.2, -0.15) is 13.2 Å². The third-order valence-electron chi connectivity index (χ3n) is 3.25. The maximum absolute atomic E-state index is 13.9. The third kappa shape index (κ3) is 2.77. The van der Waals surface area contributed by atoms with Crippen molar-refractivity contribution in [2.24, 2.45) is 10.7 Å². The highest BCUT2D eigenvalue weighted by Gasteiger charge is 2.55. The van der Waals surface area contributed by atoms with Gasteiger partial charge in [0, 0.05) is 17.7 Å². The first-order chi connectivity index (χ1) is 10.1. The molecule has 0 fully saturated rings. The minimum Gasteiger partial charge on any atom is -0.452 e. The number of hydrogen-bond donors (Lipinski definition) is 2. The van der Waals surface area contributed by atoms with Crippen LogP contribution in [0.5, 0.6) is 0 Å². The molecule has 1 heterocycles. The lowest BCUT2D eigenvalue weighted by Crippen LogP contribution is -2.50.